The van der Waals surface area contributed by atoms with Crippen molar-refractivity contribution in [1.29, 1.82) is 0 Å². The highest BCUT2D eigenvalue weighted by molar-refractivity contribution is 5.34. The van der Waals surface area contributed by atoms with Crippen LogP contribution in [-0.2, 0) is 7.05 Å². The number of imidazole rings is 1. The number of nitrogens with zero attached hydrogens (tertiary/aromatic N) is 2. The maximum atomic E-state index is 5.62. The summed E-state index contributed by atoms with van der Waals surface area (Å²) in [7, 11) is 3.58. The summed E-state index contributed by atoms with van der Waals surface area (Å²) in [6.45, 7) is 0. The van der Waals surface area contributed by atoms with Crippen LogP contribution < -0.4 is 16.0 Å². The lowest BCUT2D eigenvalue weighted by atomic mass is 10.0. The lowest BCUT2D eigenvalue weighted by Crippen LogP contribution is -2.30. The Morgan fingerprint density at radius 1 is 1.47 bits per heavy atom. The van der Waals surface area contributed by atoms with Crippen LogP contribution in [0.2, 0.25) is 0 Å². The summed E-state index contributed by atoms with van der Waals surface area (Å²) >= 11 is 0. The Morgan fingerprint density at radius 2 is 2.29 bits per heavy atom. The molecule has 5 heteroatoms. The summed E-state index contributed by atoms with van der Waals surface area (Å²) in [6, 6.07) is 7.70. The number of hydrogen-bond donors (Lipinski definition) is 2. The normalized spacial score (nSPS) is 12.4. The quantitative estimate of drug-likeness (QED) is 0.609. The summed E-state index contributed by atoms with van der Waals surface area (Å²) in [5.74, 6) is 6.43. The predicted octanol–water partition coefficient (Wildman–Crippen LogP) is 0.981. The van der Waals surface area contributed by atoms with E-state index in [1.54, 1.807) is 19.6 Å². The molecule has 0 saturated heterocycles. The molecule has 90 valence electrons. The molecule has 2 rings (SSSR count). The Balaban J connectivity index is 2.38. The fraction of sp³-hybridized carbons (Fsp3) is 0.250. The number of rotatable bonds is 4. The average Bonchev–Trinajstić information content (AvgIpc) is 2.77. The van der Waals surface area contributed by atoms with Gasteiger partial charge in [0.05, 0.1) is 31.4 Å². The second-order valence-corrected chi connectivity index (χ2v) is 3.81. The van der Waals surface area contributed by atoms with Gasteiger partial charge in [0.1, 0.15) is 5.75 Å². The predicted molar refractivity (Wildman–Crippen MR) is 65.4 cm³/mol. The highest BCUT2D eigenvalue weighted by atomic mass is 16.5. The minimum Gasteiger partial charge on any atom is -0.497 e. The summed E-state index contributed by atoms with van der Waals surface area (Å²) in [5.41, 5.74) is 4.83. The zero-order chi connectivity index (χ0) is 12.3. The van der Waals surface area contributed by atoms with Crippen LogP contribution in [-0.4, -0.2) is 16.7 Å². The fourth-order valence-corrected chi connectivity index (χ4v) is 1.82. The van der Waals surface area contributed by atoms with Gasteiger partial charge in [-0.15, -0.1) is 0 Å². The zero-order valence-electron chi connectivity index (χ0n) is 9.92. The monoisotopic (exact) mass is 232 g/mol. The topological polar surface area (TPSA) is 65.1 Å². The Kier molecular flexibility index (Phi) is 3.41. The van der Waals surface area contributed by atoms with Gasteiger partial charge in [-0.2, -0.15) is 0 Å². The molecular formula is C12H16N4O. The number of ether oxygens (including phenoxy) is 1. The van der Waals surface area contributed by atoms with Crippen LogP contribution in [0.4, 0.5) is 0 Å². The number of hydrogen-bond acceptors (Lipinski definition) is 4. The maximum Gasteiger partial charge on any atom is 0.119 e. The lowest BCUT2D eigenvalue weighted by Gasteiger charge is -2.17. The molecule has 5 nitrogen and oxygen atoms in total. The van der Waals surface area contributed by atoms with Gasteiger partial charge in [0.2, 0.25) is 0 Å². The molecule has 0 aliphatic heterocycles. The van der Waals surface area contributed by atoms with Crippen molar-refractivity contribution in [1.82, 2.24) is 15.0 Å². The first-order valence-electron chi connectivity index (χ1n) is 5.32. The van der Waals surface area contributed by atoms with Crippen molar-refractivity contribution in [2.24, 2.45) is 12.9 Å². The van der Waals surface area contributed by atoms with E-state index in [1.165, 1.54) is 0 Å². The molecule has 0 bridgehead atoms. The Bertz CT molecular complexity index is 495. The number of aromatic nitrogens is 2. The summed E-state index contributed by atoms with van der Waals surface area (Å²) in [5, 5.41) is 0. The summed E-state index contributed by atoms with van der Waals surface area (Å²) in [4.78, 5) is 4.09. The molecule has 0 saturated carbocycles. The molecule has 0 aliphatic rings. The standard InChI is InChI=1S/C12H16N4O/c1-16-8-14-7-11(16)12(15-13)9-4-3-5-10(6-9)17-2/h3-8,12,15H,13H2,1-2H3. The minimum atomic E-state index is -0.0994. The van der Waals surface area contributed by atoms with Gasteiger partial charge >= 0.3 is 0 Å². The van der Waals surface area contributed by atoms with Crippen LogP contribution in [0.25, 0.3) is 0 Å². The molecule has 0 aliphatic carbocycles. The second-order valence-electron chi connectivity index (χ2n) is 3.81. The number of hydrazine groups is 1. The van der Waals surface area contributed by atoms with Crippen molar-refractivity contribution in [2.45, 2.75) is 6.04 Å². The number of nitrogens with two attached hydrogens (primary N) is 1. The first-order chi connectivity index (χ1) is 8.26. The van der Waals surface area contributed by atoms with Gasteiger partial charge in [0.25, 0.3) is 0 Å². The third kappa shape index (κ3) is 2.30. The summed E-state index contributed by atoms with van der Waals surface area (Å²) < 4.78 is 7.14. The number of nitrogens with one attached hydrogen (secondary N) is 1. The largest absolute Gasteiger partial charge is 0.497 e. The molecule has 1 unspecified atom stereocenters. The smallest absolute Gasteiger partial charge is 0.119 e. The van der Waals surface area contributed by atoms with Crippen LogP contribution in [0.3, 0.4) is 0 Å². The van der Waals surface area contributed by atoms with Crippen LogP contribution >= 0.6 is 0 Å². The van der Waals surface area contributed by atoms with Gasteiger partial charge in [-0.3, -0.25) is 5.84 Å². The first-order valence-corrected chi connectivity index (χ1v) is 5.32. The Morgan fingerprint density at radius 3 is 2.88 bits per heavy atom. The molecule has 17 heavy (non-hydrogen) atoms. The van der Waals surface area contributed by atoms with E-state index in [9.17, 15) is 0 Å². The van der Waals surface area contributed by atoms with Crippen molar-refractivity contribution in [3.63, 3.8) is 0 Å². The lowest BCUT2D eigenvalue weighted by molar-refractivity contribution is 0.413. The van der Waals surface area contributed by atoms with Crippen molar-refractivity contribution in [3.05, 3.63) is 48.0 Å². The maximum absolute atomic E-state index is 5.62. The van der Waals surface area contributed by atoms with Crippen molar-refractivity contribution >= 4 is 0 Å². The van der Waals surface area contributed by atoms with Crippen LogP contribution in [0.1, 0.15) is 17.3 Å². The second kappa shape index (κ2) is 4.99. The van der Waals surface area contributed by atoms with E-state index in [2.05, 4.69) is 10.4 Å². The SMILES string of the molecule is COc1cccc(C(NN)c2cncn2C)c1. The van der Waals surface area contributed by atoms with E-state index in [0.717, 1.165) is 17.0 Å². The van der Waals surface area contributed by atoms with Gasteiger partial charge < -0.3 is 9.30 Å². The van der Waals surface area contributed by atoms with Crippen molar-refractivity contribution in [3.8, 4) is 5.75 Å². The number of methoxy groups -OCH3 is 1. The Hall–Kier alpha value is -1.85. The van der Waals surface area contributed by atoms with Gasteiger partial charge in [-0.1, -0.05) is 12.1 Å². The molecule has 1 heterocycles. The van der Waals surface area contributed by atoms with Gasteiger partial charge in [-0.25, -0.2) is 10.4 Å². The minimum absolute atomic E-state index is 0.0994. The molecule has 2 aromatic rings. The van der Waals surface area contributed by atoms with E-state index < -0.39 is 0 Å². The molecular weight excluding hydrogens is 216 g/mol. The number of benzene rings is 1. The molecule has 3 N–H and O–H groups in total. The third-order valence-electron chi connectivity index (χ3n) is 2.74. The van der Waals surface area contributed by atoms with Crippen LogP contribution in [0.15, 0.2) is 36.8 Å². The molecule has 0 radical (unpaired) electrons. The highest BCUT2D eigenvalue weighted by Gasteiger charge is 2.15. The summed E-state index contributed by atoms with van der Waals surface area (Å²) in [6.07, 6.45) is 3.55. The number of aryl methyl sites for hydroxylation is 1. The molecule has 0 fully saturated rings. The van der Waals surface area contributed by atoms with Gasteiger partial charge in [-0.05, 0) is 17.7 Å². The van der Waals surface area contributed by atoms with E-state index in [4.69, 9.17) is 10.6 Å². The van der Waals surface area contributed by atoms with Crippen LogP contribution in [0, 0.1) is 0 Å². The molecule has 1 aromatic heterocycles. The van der Waals surface area contributed by atoms with E-state index >= 15 is 0 Å². The van der Waals surface area contributed by atoms with E-state index in [0.29, 0.717) is 0 Å². The Labute approximate surface area is 100 Å². The fourth-order valence-electron chi connectivity index (χ4n) is 1.82. The highest BCUT2D eigenvalue weighted by Crippen LogP contribution is 2.23. The van der Waals surface area contributed by atoms with E-state index in [1.807, 2.05) is 35.9 Å². The van der Waals surface area contributed by atoms with E-state index in [-0.39, 0.29) is 6.04 Å². The van der Waals surface area contributed by atoms with Gasteiger partial charge in [0.15, 0.2) is 0 Å². The third-order valence-corrected chi connectivity index (χ3v) is 2.74. The molecule has 1 atom stereocenters. The van der Waals surface area contributed by atoms with Crippen LogP contribution in [0.5, 0.6) is 5.75 Å². The molecule has 0 spiro atoms. The zero-order valence-corrected chi connectivity index (χ0v) is 9.92. The molecule has 0 amide bonds. The molecule has 1 aromatic carbocycles. The average molecular weight is 232 g/mol. The van der Waals surface area contributed by atoms with Crippen molar-refractivity contribution < 1.29 is 4.74 Å². The van der Waals surface area contributed by atoms with Crippen molar-refractivity contribution in [2.75, 3.05) is 7.11 Å². The first kappa shape index (κ1) is 11.6. The van der Waals surface area contributed by atoms with Gasteiger partial charge in [0, 0.05) is 7.05 Å².